The minimum absolute atomic E-state index is 0.282. The second kappa shape index (κ2) is 4.99. The third-order valence-electron chi connectivity index (χ3n) is 4.12. The quantitative estimate of drug-likeness (QED) is 0.830. The molecule has 1 aliphatic heterocycles. The Morgan fingerprint density at radius 2 is 2.44 bits per heavy atom. The molecule has 1 aromatic rings. The maximum atomic E-state index is 9.30. The molecule has 5 nitrogen and oxygen atoms in total. The lowest BCUT2D eigenvalue weighted by atomic mass is 10.1. The Labute approximate surface area is 107 Å². The zero-order chi connectivity index (χ0) is 12.5. The molecule has 2 heterocycles. The smallest absolute Gasteiger partial charge is 0.120 e. The van der Waals surface area contributed by atoms with Gasteiger partial charge in [-0.05, 0) is 25.7 Å². The number of aryl methyl sites for hydroxylation is 1. The van der Waals surface area contributed by atoms with Crippen LogP contribution in [0.4, 0.5) is 0 Å². The van der Waals surface area contributed by atoms with Gasteiger partial charge in [-0.3, -0.25) is 4.90 Å². The Kier molecular flexibility index (Phi) is 3.37. The number of fused-ring (bicyclic) bond motifs is 1. The van der Waals surface area contributed by atoms with Crippen LogP contribution in [0.2, 0.25) is 0 Å². The number of imidazole rings is 1. The van der Waals surface area contributed by atoms with Crippen LogP contribution in [0, 0.1) is 12.8 Å². The number of hydrogen-bond acceptors (Lipinski definition) is 4. The van der Waals surface area contributed by atoms with E-state index in [1.165, 1.54) is 0 Å². The molecular formula is C13H21N3O2. The van der Waals surface area contributed by atoms with Crippen LogP contribution in [0.25, 0.3) is 0 Å². The summed E-state index contributed by atoms with van der Waals surface area (Å²) in [6.07, 6.45) is 4.21. The SMILES string of the molecule is Cc1cnc(CN2CCOC3C[C@H](CO)C[C@@H]32)[nH]1. The van der Waals surface area contributed by atoms with Gasteiger partial charge in [0.1, 0.15) is 5.82 Å². The molecule has 2 N–H and O–H groups in total. The molecule has 100 valence electrons. The summed E-state index contributed by atoms with van der Waals surface area (Å²) in [5.41, 5.74) is 1.11. The molecule has 3 atom stereocenters. The highest BCUT2D eigenvalue weighted by molar-refractivity contribution is 5.00. The third-order valence-corrected chi connectivity index (χ3v) is 4.12. The molecule has 1 aliphatic carbocycles. The van der Waals surface area contributed by atoms with E-state index in [2.05, 4.69) is 14.9 Å². The summed E-state index contributed by atoms with van der Waals surface area (Å²) in [5.74, 6) is 1.43. The van der Waals surface area contributed by atoms with Gasteiger partial charge in [-0.1, -0.05) is 0 Å². The van der Waals surface area contributed by atoms with E-state index in [-0.39, 0.29) is 6.61 Å². The van der Waals surface area contributed by atoms with Crippen molar-refractivity contribution in [3.63, 3.8) is 0 Å². The Balaban J connectivity index is 1.68. The van der Waals surface area contributed by atoms with E-state index in [1.54, 1.807) is 0 Å². The Morgan fingerprint density at radius 3 is 3.17 bits per heavy atom. The molecule has 18 heavy (non-hydrogen) atoms. The molecular weight excluding hydrogens is 230 g/mol. The summed E-state index contributed by atoms with van der Waals surface area (Å²) in [7, 11) is 0. The van der Waals surface area contributed by atoms with E-state index in [1.807, 2.05) is 13.1 Å². The van der Waals surface area contributed by atoms with Crippen LogP contribution < -0.4 is 0 Å². The molecule has 2 fully saturated rings. The first kappa shape index (κ1) is 12.1. The van der Waals surface area contributed by atoms with Gasteiger partial charge < -0.3 is 14.8 Å². The van der Waals surface area contributed by atoms with E-state index in [0.717, 1.165) is 44.1 Å². The summed E-state index contributed by atoms with van der Waals surface area (Å²) < 4.78 is 5.82. The van der Waals surface area contributed by atoms with Crippen molar-refractivity contribution in [1.29, 1.82) is 0 Å². The summed E-state index contributed by atoms with van der Waals surface area (Å²) in [6.45, 7) is 4.91. The second-order valence-electron chi connectivity index (χ2n) is 5.48. The number of aromatic nitrogens is 2. The number of morpholine rings is 1. The molecule has 3 rings (SSSR count). The highest BCUT2D eigenvalue weighted by Gasteiger charge is 2.40. The fraction of sp³-hybridized carbons (Fsp3) is 0.769. The number of nitrogens with zero attached hydrogens (tertiary/aromatic N) is 2. The number of hydrogen-bond donors (Lipinski definition) is 2. The largest absolute Gasteiger partial charge is 0.396 e. The minimum atomic E-state index is 0.282. The van der Waals surface area contributed by atoms with Crippen molar-refractivity contribution in [2.45, 2.75) is 38.5 Å². The van der Waals surface area contributed by atoms with E-state index in [9.17, 15) is 5.11 Å². The van der Waals surface area contributed by atoms with Crippen molar-refractivity contribution in [3.05, 3.63) is 17.7 Å². The van der Waals surface area contributed by atoms with E-state index >= 15 is 0 Å². The van der Waals surface area contributed by atoms with Crippen molar-refractivity contribution < 1.29 is 9.84 Å². The Hall–Kier alpha value is -0.910. The average Bonchev–Trinajstić information content (AvgIpc) is 2.96. The van der Waals surface area contributed by atoms with Crippen LogP contribution in [0.15, 0.2) is 6.20 Å². The lowest BCUT2D eigenvalue weighted by molar-refractivity contribution is -0.0597. The number of H-pyrrole nitrogens is 1. The lowest BCUT2D eigenvalue weighted by Gasteiger charge is -2.37. The van der Waals surface area contributed by atoms with Crippen LogP contribution in [-0.4, -0.2) is 51.9 Å². The molecule has 2 aliphatic rings. The fourth-order valence-electron chi connectivity index (χ4n) is 3.21. The monoisotopic (exact) mass is 251 g/mol. The standard InChI is InChI=1S/C13H21N3O2/c1-9-6-14-13(15-9)7-16-2-3-18-12-5-10(8-17)4-11(12)16/h6,10-12,17H,2-5,7-8H2,1H3,(H,14,15)/t10-,11+,12?/m1/s1. The third kappa shape index (κ3) is 2.30. The molecule has 1 saturated carbocycles. The maximum absolute atomic E-state index is 9.30. The Morgan fingerprint density at radius 1 is 1.56 bits per heavy atom. The topological polar surface area (TPSA) is 61.4 Å². The van der Waals surface area contributed by atoms with E-state index in [4.69, 9.17) is 4.74 Å². The van der Waals surface area contributed by atoms with Crippen LogP contribution in [0.1, 0.15) is 24.4 Å². The highest BCUT2D eigenvalue weighted by atomic mass is 16.5. The van der Waals surface area contributed by atoms with E-state index in [0.29, 0.717) is 18.1 Å². The number of nitrogens with one attached hydrogen (secondary N) is 1. The van der Waals surface area contributed by atoms with E-state index < -0.39 is 0 Å². The van der Waals surface area contributed by atoms with Gasteiger partial charge in [0.25, 0.3) is 0 Å². The molecule has 1 unspecified atom stereocenters. The number of rotatable bonds is 3. The number of aromatic amines is 1. The minimum Gasteiger partial charge on any atom is -0.396 e. The van der Waals surface area contributed by atoms with Gasteiger partial charge in [0.15, 0.2) is 0 Å². The first-order valence-electron chi connectivity index (χ1n) is 6.73. The normalized spacial score (nSPS) is 32.7. The summed E-state index contributed by atoms with van der Waals surface area (Å²) in [4.78, 5) is 10.1. The molecule has 0 radical (unpaired) electrons. The maximum Gasteiger partial charge on any atom is 0.120 e. The van der Waals surface area contributed by atoms with Crippen LogP contribution in [-0.2, 0) is 11.3 Å². The molecule has 5 heteroatoms. The number of ether oxygens (including phenoxy) is 1. The second-order valence-corrected chi connectivity index (χ2v) is 5.48. The molecule has 1 aromatic heterocycles. The van der Waals surface area contributed by atoms with Gasteiger partial charge in [-0.15, -0.1) is 0 Å². The Bertz CT molecular complexity index is 407. The summed E-state index contributed by atoms with van der Waals surface area (Å²) >= 11 is 0. The number of aliphatic hydroxyl groups is 1. The summed E-state index contributed by atoms with van der Waals surface area (Å²) in [5, 5.41) is 9.30. The van der Waals surface area contributed by atoms with Gasteiger partial charge >= 0.3 is 0 Å². The first-order chi connectivity index (χ1) is 8.76. The van der Waals surface area contributed by atoms with Crippen LogP contribution in [0.5, 0.6) is 0 Å². The van der Waals surface area contributed by atoms with Gasteiger partial charge in [-0.2, -0.15) is 0 Å². The van der Waals surface area contributed by atoms with Gasteiger partial charge in [-0.25, -0.2) is 4.98 Å². The highest BCUT2D eigenvalue weighted by Crippen LogP contribution is 2.34. The van der Waals surface area contributed by atoms with Gasteiger partial charge in [0, 0.05) is 31.1 Å². The lowest BCUT2D eigenvalue weighted by Crippen LogP contribution is -2.48. The molecule has 0 spiro atoms. The first-order valence-corrected chi connectivity index (χ1v) is 6.73. The molecule has 0 aromatic carbocycles. The van der Waals surface area contributed by atoms with Crippen molar-refractivity contribution in [2.75, 3.05) is 19.8 Å². The van der Waals surface area contributed by atoms with Crippen molar-refractivity contribution >= 4 is 0 Å². The van der Waals surface area contributed by atoms with Gasteiger partial charge in [0.2, 0.25) is 0 Å². The van der Waals surface area contributed by atoms with Crippen molar-refractivity contribution in [2.24, 2.45) is 5.92 Å². The predicted molar refractivity (Wildman–Crippen MR) is 67.1 cm³/mol. The molecule has 0 bridgehead atoms. The zero-order valence-corrected chi connectivity index (χ0v) is 10.8. The zero-order valence-electron chi connectivity index (χ0n) is 10.8. The van der Waals surface area contributed by atoms with Crippen LogP contribution >= 0.6 is 0 Å². The van der Waals surface area contributed by atoms with Crippen molar-refractivity contribution in [3.8, 4) is 0 Å². The average molecular weight is 251 g/mol. The number of aliphatic hydroxyl groups excluding tert-OH is 1. The molecule has 0 amide bonds. The molecule has 1 saturated heterocycles. The summed E-state index contributed by atoms with van der Waals surface area (Å²) in [6, 6.07) is 0.446. The van der Waals surface area contributed by atoms with Crippen molar-refractivity contribution in [1.82, 2.24) is 14.9 Å². The fourth-order valence-corrected chi connectivity index (χ4v) is 3.21. The van der Waals surface area contributed by atoms with Gasteiger partial charge in [0.05, 0.1) is 19.3 Å². The van der Waals surface area contributed by atoms with Crippen LogP contribution in [0.3, 0.4) is 0 Å². The predicted octanol–water partition coefficient (Wildman–Crippen LogP) is 0.690.